The van der Waals surface area contributed by atoms with Crippen molar-refractivity contribution in [2.45, 2.75) is 143 Å². The summed E-state index contributed by atoms with van der Waals surface area (Å²) in [5, 5.41) is 2.75. The van der Waals surface area contributed by atoms with E-state index >= 15 is 0 Å². The quantitative estimate of drug-likeness (QED) is 0.164. The summed E-state index contributed by atoms with van der Waals surface area (Å²) in [7, 11) is 0. The minimum atomic E-state index is -0.0338. The topological polar surface area (TPSA) is 3.24 Å². The summed E-state index contributed by atoms with van der Waals surface area (Å²) in [6.07, 6.45) is 6.53. The number of hydrogen-bond donors (Lipinski definition) is 0. The van der Waals surface area contributed by atoms with Gasteiger partial charge in [0, 0.05) is 16.8 Å². The minimum Gasteiger partial charge on any atom is -0.309 e. The molecule has 6 aromatic rings. The van der Waals surface area contributed by atoms with Crippen molar-refractivity contribution in [2.24, 2.45) is 0 Å². The molecule has 296 valence electrons. The Morgan fingerprint density at radius 1 is 0.421 bits per heavy atom. The van der Waals surface area contributed by atoms with Crippen molar-refractivity contribution in [1.82, 2.24) is 0 Å². The Morgan fingerprint density at radius 2 is 0.860 bits per heavy atom. The van der Waals surface area contributed by atoms with E-state index < -0.39 is 0 Å². The first-order valence-corrected chi connectivity index (χ1v) is 21.6. The van der Waals surface area contributed by atoms with Gasteiger partial charge in [0.1, 0.15) is 0 Å². The van der Waals surface area contributed by atoms with Crippen molar-refractivity contribution < 1.29 is 0 Å². The number of fused-ring (bicyclic) bond motifs is 1. The highest BCUT2D eigenvalue weighted by atomic mass is 15.1. The molecule has 57 heavy (non-hydrogen) atoms. The lowest BCUT2D eigenvalue weighted by atomic mass is 9.78. The highest BCUT2D eigenvalue weighted by molar-refractivity contribution is 6.04. The van der Waals surface area contributed by atoms with E-state index in [-0.39, 0.29) is 21.7 Å². The summed E-state index contributed by atoms with van der Waals surface area (Å²) in [6, 6.07) is 47.0. The van der Waals surface area contributed by atoms with Crippen LogP contribution in [0.4, 0.5) is 17.1 Å². The van der Waals surface area contributed by atoms with Gasteiger partial charge in [0.2, 0.25) is 0 Å². The Kier molecular flexibility index (Phi) is 10.9. The van der Waals surface area contributed by atoms with Crippen molar-refractivity contribution in [3.8, 4) is 22.3 Å². The molecule has 1 aliphatic carbocycles. The summed E-state index contributed by atoms with van der Waals surface area (Å²) in [6.45, 7) is 28.1. The van der Waals surface area contributed by atoms with E-state index in [9.17, 15) is 0 Å². The maximum Gasteiger partial charge on any atom is 0.0540 e. The Labute approximate surface area is 345 Å². The number of para-hydroxylation sites is 2. The predicted molar refractivity (Wildman–Crippen MR) is 250 cm³/mol. The van der Waals surface area contributed by atoms with Crippen LogP contribution >= 0.6 is 0 Å². The minimum absolute atomic E-state index is 0.00426. The third kappa shape index (κ3) is 8.50. The fourth-order valence-corrected chi connectivity index (χ4v) is 8.82. The Morgan fingerprint density at radius 3 is 1.39 bits per heavy atom. The van der Waals surface area contributed by atoms with Crippen LogP contribution < -0.4 is 4.90 Å². The first-order chi connectivity index (χ1) is 26.8. The lowest BCUT2D eigenvalue weighted by molar-refractivity contribution is 0.445. The Bertz CT molecular complexity index is 2300. The summed E-state index contributed by atoms with van der Waals surface area (Å²) in [5.74, 6) is 0.595. The standard InChI is InChI=1S/C56H67N/c1-53(2,3)41-32-40(33-42(34-41)54(4,5)6)46-26-16-18-30-50(46)57(45-36-43(55(7,8)9)35-44(37-45)56(10,11)12)51-31-19-17-27-48(51)49-29-21-25-39-24-20-28-47(52(39)49)38-22-14-13-15-23-38/h16-21,24-38H,13-15,22-23H2,1-12H3. The van der Waals surface area contributed by atoms with Crippen molar-refractivity contribution in [3.05, 3.63) is 149 Å². The van der Waals surface area contributed by atoms with Crippen LogP contribution in [-0.2, 0) is 21.7 Å². The van der Waals surface area contributed by atoms with E-state index in [0.29, 0.717) is 5.92 Å². The fraction of sp³-hybridized carbons (Fsp3) is 0.393. The van der Waals surface area contributed by atoms with Crippen LogP contribution in [0.25, 0.3) is 33.0 Å². The maximum atomic E-state index is 2.59. The monoisotopic (exact) mass is 754 g/mol. The van der Waals surface area contributed by atoms with Gasteiger partial charge in [0.05, 0.1) is 11.4 Å². The highest BCUT2D eigenvalue weighted by Gasteiger charge is 2.28. The average molecular weight is 754 g/mol. The van der Waals surface area contributed by atoms with Gasteiger partial charge in [0.25, 0.3) is 0 Å². The maximum absolute atomic E-state index is 2.59. The second kappa shape index (κ2) is 15.3. The molecule has 0 saturated heterocycles. The smallest absolute Gasteiger partial charge is 0.0540 e. The third-order valence-electron chi connectivity index (χ3n) is 12.4. The second-order valence-corrected chi connectivity index (χ2v) is 21.0. The van der Waals surface area contributed by atoms with Gasteiger partial charge in [-0.1, -0.05) is 199 Å². The molecule has 1 saturated carbocycles. The molecule has 0 amide bonds. The molecule has 0 atom stereocenters. The summed E-state index contributed by atoms with van der Waals surface area (Å²) in [4.78, 5) is 2.59. The predicted octanol–water partition coefficient (Wildman–Crippen LogP) is 16.9. The van der Waals surface area contributed by atoms with Gasteiger partial charge in [-0.2, -0.15) is 0 Å². The normalized spacial score (nSPS) is 14.6. The van der Waals surface area contributed by atoms with Crippen LogP contribution in [0.15, 0.2) is 121 Å². The molecular formula is C56H67N. The lowest BCUT2D eigenvalue weighted by Gasteiger charge is -2.34. The number of anilines is 3. The van der Waals surface area contributed by atoms with Crippen LogP contribution in [0.5, 0.6) is 0 Å². The molecule has 1 fully saturated rings. The molecule has 0 unspecified atom stereocenters. The van der Waals surface area contributed by atoms with Gasteiger partial charge in [-0.25, -0.2) is 0 Å². The summed E-state index contributed by atoms with van der Waals surface area (Å²) in [5.41, 5.74) is 15.5. The van der Waals surface area contributed by atoms with E-state index in [1.165, 1.54) is 110 Å². The fourth-order valence-electron chi connectivity index (χ4n) is 8.82. The zero-order valence-corrected chi connectivity index (χ0v) is 37.1. The average Bonchev–Trinajstić information content (AvgIpc) is 3.17. The molecule has 7 rings (SSSR count). The van der Waals surface area contributed by atoms with Gasteiger partial charge >= 0.3 is 0 Å². The molecule has 0 heterocycles. The van der Waals surface area contributed by atoms with Gasteiger partial charge in [-0.3, -0.25) is 0 Å². The number of rotatable bonds is 6. The molecule has 0 radical (unpaired) electrons. The molecule has 0 aromatic heterocycles. The molecule has 1 aliphatic rings. The lowest BCUT2D eigenvalue weighted by Crippen LogP contribution is -2.20. The summed E-state index contributed by atoms with van der Waals surface area (Å²) < 4.78 is 0. The zero-order valence-electron chi connectivity index (χ0n) is 37.1. The molecule has 0 bridgehead atoms. The number of nitrogens with zero attached hydrogens (tertiary/aromatic N) is 1. The zero-order chi connectivity index (χ0) is 40.9. The van der Waals surface area contributed by atoms with Crippen molar-refractivity contribution in [3.63, 3.8) is 0 Å². The van der Waals surface area contributed by atoms with Gasteiger partial charge in [0.15, 0.2) is 0 Å². The third-order valence-corrected chi connectivity index (χ3v) is 12.4. The van der Waals surface area contributed by atoms with Crippen molar-refractivity contribution in [2.75, 3.05) is 4.90 Å². The second-order valence-electron chi connectivity index (χ2n) is 21.0. The molecule has 0 N–H and O–H groups in total. The van der Waals surface area contributed by atoms with Crippen molar-refractivity contribution >= 4 is 27.8 Å². The molecule has 0 aliphatic heterocycles. The van der Waals surface area contributed by atoms with Crippen molar-refractivity contribution in [1.29, 1.82) is 0 Å². The van der Waals surface area contributed by atoms with E-state index in [1.807, 2.05) is 0 Å². The number of hydrogen-bond acceptors (Lipinski definition) is 1. The van der Waals surface area contributed by atoms with Gasteiger partial charge < -0.3 is 4.90 Å². The van der Waals surface area contributed by atoms with Crippen LogP contribution in [0, 0.1) is 0 Å². The van der Waals surface area contributed by atoms with Crippen LogP contribution in [-0.4, -0.2) is 0 Å². The number of benzene rings is 6. The van der Waals surface area contributed by atoms with E-state index in [2.05, 4.69) is 209 Å². The first kappa shape index (κ1) is 40.6. The molecule has 1 heteroatoms. The van der Waals surface area contributed by atoms with E-state index in [0.717, 1.165) is 0 Å². The Hall–Kier alpha value is -4.62. The molecule has 6 aromatic carbocycles. The van der Waals surface area contributed by atoms with E-state index in [1.54, 1.807) is 0 Å². The first-order valence-electron chi connectivity index (χ1n) is 21.6. The summed E-state index contributed by atoms with van der Waals surface area (Å²) >= 11 is 0. The molecule has 1 nitrogen and oxygen atoms in total. The molecule has 0 spiro atoms. The highest BCUT2D eigenvalue weighted by Crippen LogP contribution is 2.49. The Balaban J connectivity index is 1.57. The largest absolute Gasteiger partial charge is 0.309 e. The van der Waals surface area contributed by atoms with Gasteiger partial charge in [-0.05, 0) is 114 Å². The van der Waals surface area contributed by atoms with E-state index in [4.69, 9.17) is 0 Å². The van der Waals surface area contributed by atoms with Crippen LogP contribution in [0.2, 0.25) is 0 Å². The van der Waals surface area contributed by atoms with Crippen LogP contribution in [0.1, 0.15) is 149 Å². The SMILES string of the molecule is CC(C)(C)c1cc(-c2ccccc2N(c2cc(C(C)(C)C)cc(C(C)(C)C)c2)c2ccccc2-c2cccc3cccc(C4CCCCC4)c23)cc(C(C)(C)C)c1. The van der Waals surface area contributed by atoms with Gasteiger partial charge in [-0.15, -0.1) is 0 Å². The molecular weight excluding hydrogens is 687 g/mol. The van der Waals surface area contributed by atoms with Crippen LogP contribution in [0.3, 0.4) is 0 Å².